The van der Waals surface area contributed by atoms with E-state index in [2.05, 4.69) is 27.0 Å². The number of nitrogens with zero attached hydrogens (tertiary/aromatic N) is 2. The fraction of sp³-hybridized carbons (Fsp3) is 0.308. The predicted octanol–water partition coefficient (Wildman–Crippen LogP) is 2.27. The molecule has 1 aliphatic rings. The van der Waals surface area contributed by atoms with Crippen molar-refractivity contribution in [1.82, 2.24) is 14.9 Å². The number of rotatable bonds is 3. The Balaban J connectivity index is 1.80. The smallest absolute Gasteiger partial charge is 0.0951 e. The van der Waals surface area contributed by atoms with E-state index in [4.69, 9.17) is 11.6 Å². The van der Waals surface area contributed by atoms with Crippen molar-refractivity contribution in [2.24, 2.45) is 0 Å². The molecule has 2 aromatic rings. The zero-order chi connectivity index (χ0) is 11.7. The molecule has 0 radical (unpaired) electrons. The second-order valence-electron chi connectivity index (χ2n) is 4.43. The van der Waals surface area contributed by atoms with Crippen LogP contribution in [0.4, 0.5) is 0 Å². The van der Waals surface area contributed by atoms with E-state index < -0.39 is 0 Å². The minimum Gasteiger partial charge on any atom is -0.330 e. The van der Waals surface area contributed by atoms with Crippen molar-refractivity contribution in [3.05, 3.63) is 53.1 Å². The summed E-state index contributed by atoms with van der Waals surface area (Å²) in [5, 5.41) is 4.07. The van der Waals surface area contributed by atoms with Gasteiger partial charge in [-0.3, -0.25) is 0 Å². The maximum atomic E-state index is 5.88. The van der Waals surface area contributed by atoms with Crippen LogP contribution in [0.1, 0.15) is 17.2 Å². The van der Waals surface area contributed by atoms with Crippen LogP contribution in [-0.4, -0.2) is 22.6 Å². The molecule has 3 nitrogen and oxygen atoms in total. The molecule has 3 rings (SSSR count). The van der Waals surface area contributed by atoms with Gasteiger partial charge in [-0.05, 0) is 17.7 Å². The second-order valence-corrected chi connectivity index (χ2v) is 4.86. The van der Waals surface area contributed by atoms with Crippen molar-refractivity contribution in [2.45, 2.75) is 12.5 Å². The lowest BCUT2D eigenvalue weighted by molar-refractivity contribution is 0.427. The summed E-state index contributed by atoms with van der Waals surface area (Å²) in [4.78, 5) is 4.25. The molecule has 2 heterocycles. The average molecular weight is 248 g/mol. The Morgan fingerprint density at radius 2 is 2.06 bits per heavy atom. The monoisotopic (exact) mass is 247 g/mol. The van der Waals surface area contributed by atoms with Gasteiger partial charge in [-0.25, -0.2) is 4.98 Å². The average Bonchev–Trinajstić information content (AvgIpc) is 2.68. The summed E-state index contributed by atoms with van der Waals surface area (Å²) in [5.41, 5.74) is 2.57. The fourth-order valence-electron chi connectivity index (χ4n) is 2.09. The molecule has 0 unspecified atom stereocenters. The summed E-state index contributed by atoms with van der Waals surface area (Å²) in [6.45, 7) is 2.99. The van der Waals surface area contributed by atoms with Gasteiger partial charge in [0.2, 0.25) is 0 Å². The number of imidazole rings is 1. The summed E-state index contributed by atoms with van der Waals surface area (Å²) in [7, 11) is 0. The van der Waals surface area contributed by atoms with Gasteiger partial charge in [0.05, 0.1) is 6.33 Å². The summed E-state index contributed by atoms with van der Waals surface area (Å²) in [6, 6.07) is 7.98. The number of nitrogens with one attached hydrogen (secondary N) is 1. The van der Waals surface area contributed by atoms with E-state index in [0.717, 1.165) is 24.7 Å². The second kappa shape index (κ2) is 4.51. The van der Waals surface area contributed by atoms with Gasteiger partial charge in [0.15, 0.2) is 0 Å². The Hall–Kier alpha value is -1.32. The largest absolute Gasteiger partial charge is 0.330 e. The Morgan fingerprint density at radius 3 is 2.71 bits per heavy atom. The zero-order valence-electron chi connectivity index (χ0n) is 9.44. The molecule has 1 saturated heterocycles. The molecule has 0 spiro atoms. The lowest BCUT2D eigenvalue weighted by Crippen LogP contribution is -2.40. The van der Waals surface area contributed by atoms with Gasteiger partial charge in [-0.15, -0.1) is 0 Å². The first kappa shape index (κ1) is 10.8. The van der Waals surface area contributed by atoms with Crippen LogP contribution < -0.4 is 5.32 Å². The van der Waals surface area contributed by atoms with Crippen LogP contribution in [0.3, 0.4) is 0 Å². The van der Waals surface area contributed by atoms with Gasteiger partial charge in [-0.1, -0.05) is 23.7 Å². The van der Waals surface area contributed by atoms with Crippen LogP contribution in [0, 0.1) is 0 Å². The maximum Gasteiger partial charge on any atom is 0.0951 e. The van der Waals surface area contributed by atoms with Crippen molar-refractivity contribution in [3.63, 3.8) is 0 Å². The van der Waals surface area contributed by atoms with Crippen molar-refractivity contribution >= 4 is 11.6 Å². The highest BCUT2D eigenvalue weighted by molar-refractivity contribution is 6.30. The van der Waals surface area contributed by atoms with E-state index >= 15 is 0 Å². The summed E-state index contributed by atoms with van der Waals surface area (Å²) >= 11 is 5.88. The van der Waals surface area contributed by atoms with E-state index in [1.807, 2.05) is 24.7 Å². The minimum atomic E-state index is 0.616. The highest BCUT2D eigenvalue weighted by Gasteiger charge is 2.22. The number of hydrogen-bond donors (Lipinski definition) is 1. The molecule has 4 heteroatoms. The molecule has 1 fully saturated rings. The molecule has 1 N–H and O–H groups in total. The lowest BCUT2D eigenvalue weighted by Gasteiger charge is -2.27. The van der Waals surface area contributed by atoms with E-state index in [-0.39, 0.29) is 0 Å². The first-order chi connectivity index (χ1) is 8.33. The molecule has 1 aromatic carbocycles. The van der Waals surface area contributed by atoms with Gasteiger partial charge in [0.25, 0.3) is 0 Å². The molecule has 0 aliphatic carbocycles. The fourth-order valence-corrected chi connectivity index (χ4v) is 2.21. The topological polar surface area (TPSA) is 29.9 Å². The molecule has 1 aliphatic heterocycles. The third-order valence-electron chi connectivity index (χ3n) is 3.21. The number of aromatic nitrogens is 2. The molecule has 0 bridgehead atoms. The van der Waals surface area contributed by atoms with Crippen LogP contribution in [0.25, 0.3) is 0 Å². The molecule has 0 atom stereocenters. The third-order valence-corrected chi connectivity index (χ3v) is 3.46. The first-order valence-electron chi connectivity index (χ1n) is 5.78. The predicted molar refractivity (Wildman–Crippen MR) is 68.4 cm³/mol. The lowest BCUT2D eigenvalue weighted by atomic mass is 10.00. The molecule has 0 amide bonds. The molecule has 0 saturated carbocycles. The van der Waals surface area contributed by atoms with Gasteiger partial charge in [0.1, 0.15) is 0 Å². The molecule has 88 valence electrons. The van der Waals surface area contributed by atoms with Crippen molar-refractivity contribution < 1.29 is 0 Å². The SMILES string of the molecule is Clc1ccc(Cn2cncc2C2CNC2)cc1. The van der Waals surface area contributed by atoms with E-state index in [1.54, 1.807) is 0 Å². The van der Waals surface area contributed by atoms with Crippen LogP contribution >= 0.6 is 11.6 Å². The van der Waals surface area contributed by atoms with E-state index in [9.17, 15) is 0 Å². The number of halogens is 1. The maximum absolute atomic E-state index is 5.88. The standard InChI is InChI=1S/C13H14ClN3/c14-12-3-1-10(2-4-12)8-17-9-16-7-13(17)11-5-15-6-11/h1-4,7,9,11,15H,5-6,8H2. The summed E-state index contributed by atoms with van der Waals surface area (Å²) in [6.07, 6.45) is 3.88. The van der Waals surface area contributed by atoms with Crippen molar-refractivity contribution in [1.29, 1.82) is 0 Å². The van der Waals surface area contributed by atoms with E-state index in [0.29, 0.717) is 5.92 Å². The Labute approximate surface area is 105 Å². The highest BCUT2D eigenvalue weighted by atomic mass is 35.5. The van der Waals surface area contributed by atoms with Crippen molar-refractivity contribution in [2.75, 3.05) is 13.1 Å². The zero-order valence-corrected chi connectivity index (χ0v) is 10.2. The first-order valence-corrected chi connectivity index (χ1v) is 6.16. The molecule has 1 aromatic heterocycles. The Bertz CT molecular complexity index is 500. The quantitative estimate of drug-likeness (QED) is 0.902. The van der Waals surface area contributed by atoms with Crippen LogP contribution in [0.5, 0.6) is 0 Å². The normalized spacial score (nSPS) is 15.8. The van der Waals surface area contributed by atoms with Gasteiger partial charge in [-0.2, -0.15) is 0 Å². The summed E-state index contributed by atoms with van der Waals surface area (Å²) < 4.78 is 2.22. The van der Waals surface area contributed by atoms with Gasteiger partial charge >= 0.3 is 0 Å². The summed E-state index contributed by atoms with van der Waals surface area (Å²) in [5.74, 6) is 0.616. The van der Waals surface area contributed by atoms with Crippen molar-refractivity contribution in [3.8, 4) is 0 Å². The van der Waals surface area contributed by atoms with Crippen LogP contribution in [-0.2, 0) is 6.54 Å². The Morgan fingerprint density at radius 1 is 1.29 bits per heavy atom. The van der Waals surface area contributed by atoms with Gasteiger partial charge < -0.3 is 9.88 Å². The molecule has 17 heavy (non-hydrogen) atoms. The van der Waals surface area contributed by atoms with Crippen LogP contribution in [0.2, 0.25) is 5.02 Å². The minimum absolute atomic E-state index is 0.616. The Kier molecular flexibility index (Phi) is 2.87. The molecular formula is C13H14ClN3. The number of hydrogen-bond acceptors (Lipinski definition) is 2. The number of benzene rings is 1. The third kappa shape index (κ3) is 2.21. The van der Waals surface area contributed by atoms with E-state index in [1.165, 1.54) is 11.3 Å². The van der Waals surface area contributed by atoms with Gasteiger partial charge in [0, 0.05) is 42.5 Å². The van der Waals surface area contributed by atoms with Crippen LogP contribution in [0.15, 0.2) is 36.8 Å². The molecular weight excluding hydrogens is 234 g/mol. The highest BCUT2D eigenvalue weighted by Crippen LogP contribution is 2.20.